The predicted octanol–water partition coefficient (Wildman–Crippen LogP) is 4.05. The van der Waals surface area contributed by atoms with E-state index in [4.69, 9.17) is 16.3 Å². The Bertz CT molecular complexity index is 1340. The summed E-state index contributed by atoms with van der Waals surface area (Å²) in [6.45, 7) is 2.04. The Morgan fingerprint density at radius 3 is 2.84 bits per heavy atom. The molecule has 164 valence electrons. The van der Waals surface area contributed by atoms with E-state index >= 15 is 0 Å². The van der Waals surface area contributed by atoms with E-state index in [1.165, 1.54) is 0 Å². The zero-order chi connectivity index (χ0) is 22.5. The van der Waals surface area contributed by atoms with E-state index < -0.39 is 0 Å². The number of ether oxygens (including phenoxy) is 1. The number of nitrogens with zero attached hydrogens (tertiary/aromatic N) is 4. The molecule has 0 saturated heterocycles. The fourth-order valence-electron chi connectivity index (χ4n) is 3.49. The number of hydrogen-bond donors (Lipinski definition) is 3. The minimum Gasteiger partial charge on any atom is -0.496 e. The normalized spacial score (nSPS) is 14.4. The number of rotatable bonds is 6. The van der Waals surface area contributed by atoms with Crippen LogP contribution in [-0.4, -0.2) is 43.5 Å². The Hall–Kier alpha value is -3.59. The number of fused-ring (bicyclic) bond motifs is 1. The van der Waals surface area contributed by atoms with Gasteiger partial charge in [0.25, 0.3) is 5.91 Å². The smallest absolute Gasteiger partial charge is 0.255 e. The maximum Gasteiger partial charge on any atom is 0.255 e. The molecule has 0 atom stereocenters. The number of methoxy groups -OCH3 is 1. The van der Waals surface area contributed by atoms with Crippen molar-refractivity contribution in [2.24, 2.45) is 7.05 Å². The van der Waals surface area contributed by atoms with Gasteiger partial charge in [0.15, 0.2) is 5.82 Å². The highest BCUT2D eigenvalue weighted by Gasteiger charge is 2.39. The summed E-state index contributed by atoms with van der Waals surface area (Å²) < 4.78 is 7.11. The topological polar surface area (TPSA) is 110 Å². The van der Waals surface area contributed by atoms with E-state index in [0.29, 0.717) is 33.8 Å². The number of halogens is 1. The van der Waals surface area contributed by atoms with Crippen molar-refractivity contribution in [3.05, 3.63) is 47.1 Å². The van der Waals surface area contributed by atoms with Gasteiger partial charge in [-0.3, -0.25) is 9.89 Å². The molecule has 32 heavy (non-hydrogen) atoms. The largest absolute Gasteiger partial charge is 0.496 e. The lowest BCUT2D eigenvalue weighted by Crippen LogP contribution is -2.34. The highest BCUT2D eigenvalue weighted by atomic mass is 35.5. The molecule has 2 heterocycles. The summed E-state index contributed by atoms with van der Waals surface area (Å²) >= 11 is 6.51. The van der Waals surface area contributed by atoms with Crippen LogP contribution in [0.1, 0.15) is 30.1 Å². The van der Waals surface area contributed by atoms with Crippen molar-refractivity contribution >= 4 is 40.0 Å². The van der Waals surface area contributed by atoms with Gasteiger partial charge in [-0.05, 0) is 44.0 Å². The Kier molecular flexibility index (Phi) is 4.78. The van der Waals surface area contributed by atoms with Gasteiger partial charge in [0.1, 0.15) is 5.75 Å². The van der Waals surface area contributed by atoms with Gasteiger partial charge in [-0.25, -0.2) is 4.68 Å². The minimum absolute atomic E-state index is 0.107. The van der Waals surface area contributed by atoms with Crippen LogP contribution in [0.3, 0.4) is 0 Å². The van der Waals surface area contributed by atoms with Gasteiger partial charge in [-0.15, -0.1) is 5.10 Å². The van der Waals surface area contributed by atoms with Crippen LogP contribution in [0.5, 0.6) is 5.75 Å². The molecule has 2 aromatic carbocycles. The van der Waals surface area contributed by atoms with Crippen LogP contribution in [-0.2, 0) is 7.05 Å². The number of nitrogens with one attached hydrogen (secondary N) is 3. The van der Waals surface area contributed by atoms with Crippen LogP contribution in [0.25, 0.3) is 22.3 Å². The number of H-pyrrole nitrogens is 1. The Balaban J connectivity index is 1.42. The number of carbonyl (C=O) groups is 1. The lowest BCUT2D eigenvalue weighted by Gasteiger charge is -2.14. The van der Waals surface area contributed by atoms with Crippen molar-refractivity contribution in [1.29, 1.82) is 0 Å². The summed E-state index contributed by atoms with van der Waals surface area (Å²) in [5.41, 5.74) is 2.66. The maximum absolute atomic E-state index is 12.6. The first-order valence-electron chi connectivity index (χ1n) is 10.2. The van der Waals surface area contributed by atoms with E-state index in [9.17, 15) is 4.79 Å². The second kappa shape index (κ2) is 7.52. The summed E-state index contributed by atoms with van der Waals surface area (Å²) in [5.74, 6) is 1.34. The fourth-order valence-corrected chi connectivity index (χ4v) is 3.75. The van der Waals surface area contributed by atoms with Crippen molar-refractivity contribution in [2.75, 3.05) is 12.4 Å². The number of amides is 1. The first kappa shape index (κ1) is 20.3. The Morgan fingerprint density at radius 1 is 1.28 bits per heavy atom. The molecule has 1 aliphatic rings. The summed E-state index contributed by atoms with van der Waals surface area (Å²) in [4.78, 5) is 17.2. The standard InChI is InChI=1S/C22H22ClN7O2/c1-22(8-9-22)27-20(31)13-5-4-12(10-17(13)32-3)19-26-21(30(2)29-19)25-16-7-6-15-14(18(16)23)11-24-28-15/h4-7,10-11H,8-9H2,1-3H3,(H,24,28)(H,27,31)(H,25,26,29). The third-order valence-electron chi connectivity index (χ3n) is 5.69. The number of hydrogen-bond acceptors (Lipinski definition) is 6. The molecule has 0 aliphatic heterocycles. The maximum atomic E-state index is 12.6. The van der Waals surface area contributed by atoms with Crippen LogP contribution < -0.4 is 15.4 Å². The van der Waals surface area contributed by atoms with Gasteiger partial charge in [0.05, 0.1) is 35.1 Å². The molecular weight excluding hydrogens is 430 g/mol. The highest BCUT2D eigenvalue weighted by Crippen LogP contribution is 2.36. The molecule has 4 aromatic rings. The number of aromatic nitrogens is 5. The number of carbonyl (C=O) groups excluding carboxylic acids is 1. The second-order valence-electron chi connectivity index (χ2n) is 8.20. The number of benzene rings is 2. The van der Waals surface area contributed by atoms with Gasteiger partial charge < -0.3 is 15.4 Å². The third-order valence-corrected chi connectivity index (χ3v) is 6.09. The van der Waals surface area contributed by atoms with Crippen LogP contribution in [0.4, 0.5) is 11.6 Å². The molecule has 0 radical (unpaired) electrons. The van der Waals surface area contributed by atoms with Crippen LogP contribution in [0.15, 0.2) is 36.5 Å². The number of aryl methyl sites for hydroxylation is 1. The summed E-state index contributed by atoms with van der Waals surface area (Å²) in [6.07, 6.45) is 3.66. The molecule has 9 nitrogen and oxygen atoms in total. The zero-order valence-electron chi connectivity index (χ0n) is 17.9. The first-order valence-corrected chi connectivity index (χ1v) is 10.6. The molecule has 2 aromatic heterocycles. The highest BCUT2D eigenvalue weighted by molar-refractivity contribution is 6.38. The van der Waals surface area contributed by atoms with Gasteiger partial charge in [0, 0.05) is 23.5 Å². The number of anilines is 2. The average molecular weight is 452 g/mol. The van der Waals surface area contributed by atoms with Crippen molar-refractivity contribution in [3.63, 3.8) is 0 Å². The Morgan fingerprint density at radius 2 is 2.09 bits per heavy atom. The molecule has 1 saturated carbocycles. The molecule has 5 rings (SSSR count). The van der Waals surface area contributed by atoms with E-state index in [0.717, 1.165) is 29.3 Å². The van der Waals surface area contributed by atoms with E-state index in [1.807, 2.05) is 25.1 Å². The fraction of sp³-hybridized carbons (Fsp3) is 0.273. The van der Waals surface area contributed by atoms with E-state index in [2.05, 4.69) is 30.9 Å². The van der Waals surface area contributed by atoms with Crippen LogP contribution in [0.2, 0.25) is 5.02 Å². The molecule has 0 bridgehead atoms. The monoisotopic (exact) mass is 451 g/mol. The molecule has 1 amide bonds. The molecule has 1 fully saturated rings. The van der Waals surface area contributed by atoms with Gasteiger partial charge in [0.2, 0.25) is 5.95 Å². The van der Waals surface area contributed by atoms with E-state index in [1.54, 1.807) is 37.2 Å². The molecule has 3 N–H and O–H groups in total. The van der Waals surface area contributed by atoms with Crippen molar-refractivity contribution in [3.8, 4) is 17.1 Å². The zero-order valence-corrected chi connectivity index (χ0v) is 18.6. The summed E-state index contributed by atoms with van der Waals surface area (Å²) in [6, 6.07) is 9.07. The van der Waals surface area contributed by atoms with Gasteiger partial charge >= 0.3 is 0 Å². The number of aromatic amines is 1. The van der Waals surface area contributed by atoms with Crippen molar-refractivity contribution in [1.82, 2.24) is 30.3 Å². The van der Waals surface area contributed by atoms with Gasteiger partial charge in [-0.1, -0.05) is 17.7 Å². The van der Waals surface area contributed by atoms with E-state index in [-0.39, 0.29) is 11.4 Å². The van der Waals surface area contributed by atoms with Crippen molar-refractivity contribution in [2.45, 2.75) is 25.3 Å². The lowest BCUT2D eigenvalue weighted by atomic mass is 10.1. The minimum atomic E-state index is -0.144. The summed E-state index contributed by atoms with van der Waals surface area (Å²) in [7, 11) is 3.33. The SMILES string of the molecule is COc1cc(-c2nc(Nc3ccc4[nH]ncc4c3Cl)n(C)n2)ccc1C(=O)NC1(C)CC1. The molecule has 0 spiro atoms. The Labute approximate surface area is 189 Å². The third kappa shape index (κ3) is 3.64. The summed E-state index contributed by atoms with van der Waals surface area (Å²) in [5, 5.41) is 19.1. The second-order valence-corrected chi connectivity index (χ2v) is 8.57. The first-order chi connectivity index (χ1) is 15.4. The quantitative estimate of drug-likeness (QED) is 0.408. The molecule has 1 aliphatic carbocycles. The molecular formula is C22H22ClN7O2. The average Bonchev–Trinajstić information content (AvgIpc) is 3.15. The van der Waals surface area contributed by atoms with Crippen LogP contribution >= 0.6 is 11.6 Å². The van der Waals surface area contributed by atoms with Crippen LogP contribution in [0, 0.1) is 0 Å². The molecule has 0 unspecified atom stereocenters. The predicted molar refractivity (Wildman–Crippen MR) is 122 cm³/mol. The lowest BCUT2D eigenvalue weighted by molar-refractivity contribution is 0.0932. The van der Waals surface area contributed by atoms with Gasteiger partial charge in [-0.2, -0.15) is 10.1 Å². The van der Waals surface area contributed by atoms with Crippen molar-refractivity contribution < 1.29 is 9.53 Å². The molecule has 10 heteroatoms.